The van der Waals surface area contributed by atoms with Crippen LogP contribution in [0, 0.1) is 27.7 Å². The topological polar surface area (TPSA) is 9.23 Å². The van der Waals surface area contributed by atoms with Gasteiger partial charge in [0.2, 0.25) is 0 Å². The van der Waals surface area contributed by atoms with Gasteiger partial charge in [-0.1, -0.05) is 24.3 Å². The van der Waals surface area contributed by atoms with Gasteiger partial charge in [0.15, 0.2) is 0 Å². The lowest BCUT2D eigenvalue weighted by Gasteiger charge is -2.09. The van der Waals surface area contributed by atoms with Crippen molar-refractivity contribution in [2.75, 3.05) is 0 Å². The standard InChI is InChI=1S/C17H20O/c1-12-7-13(2)9-17(8-12)18-11-16-6-5-14(3)15(4)10-16/h5-10H,11H2,1-4H3. The zero-order chi connectivity index (χ0) is 13.1. The second-order valence-electron chi connectivity index (χ2n) is 5.03. The molecule has 0 saturated carbocycles. The first-order valence-electron chi connectivity index (χ1n) is 6.32. The SMILES string of the molecule is Cc1cc(C)cc(OCc2ccc(C)c(C)c2)c1. The van der Waals surface area contributed by atoms with Crippen LogP contribution in [0.1, 0.15) is 27.8 Å². The molecule has 0 fully saturated rings. The molecule has 0 amide bonds. The van der Waals surface area contributed by atoms with Crippen LogP contribution in [-0.2, 0) is 6.61 Å². The van der Waals surface area contributed by atoms with Gasteiger partial charge in [0.1, 0.15) is 12.4 Å². The molecule has 94 valence electrons. The summed E-state index contributed by atoms with van der Waals surface area (Å²) in [5.74, 6) is 0.950. The van der Waals surface area contributed by atoms with Crippen LogP contribution in [0.2, 0.25) is 0 Å². The Morgan fingerprint density at radius 1 is 0.778 bits per heavy atom. The predicted octanol–water partition coefficient (Wildman–Crippen LogP) is 4.50. The Bertz CT molecular complexity index is 535. The largest absolute Gasteiger partial charge is 0.489 e. The molecule has 0 saturated heterocycles. The van der Waals surface area contributed by atoms with Gasteiger partial charge in [0.05, 0.1) is 0 Å². The van der Waals surface area contributed by atoms with Gasteiger partial charge in [-0.3, -0.25) is 0 Å². The Hall–Kier alpha value is -1.76. The molecule has 0 bridgehead atoms. The van der Waals surface area contributed by atoms with Crippen molar-refractivity contribution in [1.82, 2.24) is 0 Å². The van der Waals surface area contributed by atoms with E-state index in [9.17, 15) is 0 Å². The number of aryl methyl sites for hydroxylation is 4. The molecule has 0 radical (unpaired) electrons. The van der Waals surface area contributed by atoms with Crippen molar-refractivity contribution in [3.8, 4) is 5.75 Å². The molecule has 2 aromatic carbocycles. The van der Waals surface area contributed by atoms with E-state index in [2.05, 4.69) is 64.1 Å². The van der Waals surface area contributed by atoms with Crippen LogP contribution < -0.4 is 4.74 Å². The number of benzene rings is 2. The maximum absolute atomic E-state index is 5.85. The van der Waals surface area contributed by atoms with Crippen molar-refractivity contribution in [3.05, 3.63) is 64.2 Å². The van der Waals surface area contributed by atoms with E-state index in [0.29, 0.717) is 6.61 Å². The average molecular weight is 240 g/mol. The minimum atomic E-state index is 0.629. The van der Waals surface area contributed by atoms with E-state index in [1.165, 1.54) is 27.8 Å². The molecule has 2 aromatic rings. The minimum absolute atomic E-state index is 0.629. The second kappa shape index (κ2) is 5.26. The molecular weight excluding hydrogens is 220 g/mol. The summed E-state index contributed by atoms with van der Waals surface area (Å²) in [4.78, 5) is 0. The third kappa shape index (κ3) is 3.13. The molecule has 0 aliphatic rings. The van der Waals surface area contributed by atoms with E-state index in [-0.39, 0.29) is 0 Å². The lowest BCUT2D eigenvalue weighted by Crippen LogP contribution is -1.97. The third-order valence-electron chi connectivity index (χ3n) is 3.17. The van der Waals surface area contributed by atoms with Gasteiger partial charge in [-0.25, -0.2) is 0 Å². The first-order chi connectivity index (χ1) is 8.54. The summed E-state index contributed by atoms with van der Waals surface area (Å²) in [6, 6.07) is 12.8. The summed E-state index contributed by atoms with van der Waals surface area (Å²) < 4.78 is 5.85. The summed E-state index contributed by atoms with van der Waals surface area (Å²) >= 11 is 0. The lowest BCUT2D eigenvalue weighted by atomic mass is 10.1. The number of rotatable bonds is 3. The molecule has 0 aliphatic heterocycles. The first-order valence-corrected chi connectivity index (χ1v) is 6.32. The van der Waals surface area contributed by atoms with E-state index in [0.717, 1.165) is 5.75 Å². The molecule has 0 atom stereocenters. The molecule has 0 heterocycles. The molecule has 1 heteroatoms. The molecule has 0 aliphatic carbocycles. The Labute approximate surface area is 109 Å². The summed E-state index contributed by atoms with van der Waals surface area (Å²) in [5, 5.41) is 0. The molecular formula is C17H20O. The summed E-state index contributed by atoms with van der Waals surface area (Å²) in [5.41, 5.74) is 6.34. The maximum atomic E-state index is 5.85. The van der Waals surface area contributed by atoms with E-state index in [4.69, 9.17) is 4.74 Å². The van der Waals surface area contributed by atoms with Crippen molar-refractivity contribution < 1.29 is 4.74 Å². The van der Waals surface area contributed by atoms with Crippen LogP contribution in [0.15, 0.2) is 36.4 Å². The van der Waals surface area contributed by atoms with Gasteiger partial charge in [0.25, 0.3) is 0 Å². The first kappa shape index (κ1) is 12.7. The highest BCUT2D eigenvalue weighted by Crippen LogP contribution is 2.18. The zero-order valence-electron chi connectivity index (χ0n) is 11.6. The monoisotopic (exact) mass is 240 g/mol. The molecule has 0 N–H and O–H groups in total. The normalized spacial score (nSPS) is 10.4. The molecule has 2 rings (SSSR count). The minimum Gasteiger partial charge on any atom is -0.489 e. The van der Waals surface area contributed by atoms with Crippen molar-refractivity contribution in [1.29, 1.82) is 0 Å². The van der Waals surface area contributed by atoms with Gasteiger partial charge >= 0.3 is 0 Å². The van der Waals surface area contributed by atoms with E-state index >= 15 is 0 Å². The van der Waals surface area contributed by atoms with E-state index < -0.39 is 0 Å². The predicted molar refractivity (Wildman–Crippen MR) is 76.2 cm³/mol. The van der Waals surface area contributed by atoms with Crippen LogP contribution in [0.3, 0.4) is 0 Å². The van der Waals surface area contributed by atoms with Gasteiger partial charge in [-0.2, -0.15) is 0 Å². The van der Waals surface area contributed by atoms with Crippen molar-refractivity contribution in [2.24, 2.45) is 0 Å². The highest BCUT2D eigenvalue weighted by Gasteiger charge is 2.00. The van der Waals surface area contributed by atoms with Crippen LogP contribution in [0.25, 0.3) is 0 Å². The van der Waals surface area contributed by atoms with Crippen LogP contribution in [0.5, 0.6) is 5.75 Å². The highest BCUT2D eigenvalue weighted by atomic mass is 16.5. The van der Waals surface area contributed by atoms with Crippen LogP contribution in [-0.4, -0.2) is 0 Å². The van der Waals surface area contributed by atoms with Crippen molar-refractivity contribution >= 4 is 0 Å². The molecule has 18 heavy (non-hydrogen) atoms. The highest BCUT2D eigenvalue weighted by molar-refractivity contribution is 5.34. The summed E-state index contributed by atoms with van der Waals surface area (Å²) in [7, 11) is 0. The Morgan fingerprint density at radius 2 is 1.44 bits per heavy atom. The Balaban J connectivity index is 2.08. The van der Waals surface area contributed by atoms with Gasteiger partial charge < -0.3 is 4.74 Å². The van der Waals surface area contributed by atoms with Crippen LogP contribution in [0.4, 0.5) is 0 Å². The van der Waals surface area contributed by atoms with E-state index in [1.54, 1.807) is 0 Å². The third-order valence-corrected chi connectivity index (χ3v) is 3.17. The molecule has 0 unspecified atom stereocenters. The fourth-order valence-electron chi connectivity index (χ4n) is 2.08. The van der Waals surface area contributed by atoms with Gasteiger partial charge in [-0.05, 0) is 67.6 Å². The van der Waals surface area contributed by atoms with Crippen LogP contribution >= 0.6 is 0 Å². The van der Waals surface area contributed by atoms with Gasteiger partial charge in [-0.15, -0.1) is 0 Å². The average Bonchev–Trinajstić information content (AvgIpc) is 2.29. The fraction of sp³-hybridized carbons (Fsp3) is 0.294. The Morgan fingerprint density at radius 3 is 2.06 bits per heavy atom. The van der Waals surface area contributed by atoms with E-state index in [1.807, 2.05) is 0 Å². The van der Waals surface area contributed by atoms with Crippen molar-refractivity contribution in [3.63, 3.8) is 0 Å². The maximum Gasteiger partial charge on any atom is 0.120 e. The number of ether oxygens (including phenoxy) is 1. The zero-order valence-corrected chi connectivity index (χ0v) is 11.6. The summed E-state index contributed by atoms with van der Waals surface area (Å²) in [6.45, 7) is 9.08. The number of hydrogen-bond acceptors (Lipinski definition) is 1. The van der Waals surface area contributed by atoms with Gasteiger partial charge in [0, 0.05) is 0 Å². The smallest absolute Gasteiger partial charge is 0.120 e. The lowest BCUT2D eigenvalue weighted by molar-refractivity contribution is 0.305. The molecule has 0 spiro atoms. The fourth-order valence-corrected chi connectivity index (χ4v) is 2.08. The quantitative estimate of drug-likeness (QED) is 0.767. The second-order valence-corrected chi connectivity index (χ2v) is 5.03. The molecule has 1 nitrogen and oxygen atoms in total. The Kier molecular flexibility index (Phi) is 3.71. The summed E-state index contributed by atoms with van der Waals surface area (Å²) in [6.07, 6.45) is 0. The molecule has 0 aromatic heterocycles. The number of hydrogen-bond donors (Lipinski definition) is 0. The van der Waals surface area contributed by atoms with Crippen molar-refractivity contribution in [2.45, 2.75) is 34.3 Å².